The third kappa shape index (κ3) is 4.60. The van der Waals surface area contributed by atoms with Crippen LogP contribution in [0.15, 0.2) is 90.1 Å². The third-order valence-corrected chi connectivity index (χ3v) is 6.44. The molecule has 3 aromatic carbocycles. The van der Waals surface area contributed by atoms with Gasteiger partial charge in [0.25, 0.3) is 0 Å². The van der Waals surface area contributed by atoms with Crippen LogP contribution in [-0.4, -0.2) is 18.3 Å². The average Bonchev–Trinajstić information content (AvgIpc) is 2.85. The van der Waals surface area contributed by atoms with E-state index in [4.69, 9.17) is 9.47 Å². The molecule has 0 radical (unpaired) electrons. The normalized spacial score (nSPS) is 19.9. The number of nitrogens with one attached hydrogen (secondary N) is 1. The average molecular weight is 454 g/mol. The molecule has 0 bridgehead atoms. The summed E-state index contributed by atoms with van der Waals surface area (Å²) in [6, 6.07) is 25.2. The molecule has 0 fully saturated rings. The molecule has 1 aliphatic heterocycles. The van der Waals surface area contributed by atoms with Crippen LogP contribution >= 0.6 is 0 Å². The maximum absolute atomic E-state index is 13.4. The molecular formula is C29H27NO4. The van der Waals surface area contributed by atoms with Gasteiger partial charge >= 0.3 is 0 Å². The van der Waals surface area contributed by atoms with E-state index in [2.05, 4.69) is 5.32 Å². The fourth-order valence-corrected chi connectivity index (χ4v) is 4.90. The Kier molecular flexibility index (Phi) is 6.17. The molecule has 3 aromatic rings. The number of hydrogen-bond acceptors (Lipinski definition) is 4. The summed E-state index contributed by atoms with van der Waals surface area (Å²) in [5.74, 6) is 2.06. The number of carbonyl (C=O) groups excluding carboxylic acids is 2. The van der Waals surface area contributed by atoms with Crippen LogP contribution in [0.1, 0.15) is 49.1 Å². The lowest BCUT2D eigenvalue weighted by Crippen LogP contribution is -2.38. The Labute approximate surface area is 199 Å². The molecule has 2 atom stereocenters. The summed E-state index contributed by atoms with van der Waals surface area (Å²) in [5.41, 5.74) is 3.49. The molecule has 0 saturated carbocycles. The number of allylic oxidation sites excluding steroid dienone is 2. The van der Waals surface area contributed by atoms with E-state index >= 15 is 0 Å². The highest BCUT2D eigenvalue weighted by molar-refractivity contribution is 6.02. The second kappa shape index (κ2) is 9.56. The molecule has 2 unspecified atom stereocenters. The van der Waals surface area contributed by atoms with Crippen LogP contribution in [-0.2, 0) is 9.59 Å². The largest absolute Gasteiger partial charge is 0.494 e. The number of Topliss-reactive ketones (excluding diaryl/α,β-unsaturated/α-hetero) is 1. The van der Waals surface area contributed by atoms with Crippen LogP contribution < -0.4 is 14.8 Å². The highest BCUT2D eigenvalue weighted by Gasteiger charge is 2.38. The van der Waals surface area contributed by atoms with Gasteiger partial charge in [0.1, 0.15) is 17.2 Å². The third-order valence-electron chi connectivity index (χ3n) is 6.44. The first-order chi connectivity index (χ1) is 16.6. The zero-order valence-electron chi connectivity index (χ0n) is 19.1. The van der Waals surface area contributed by atoms with Crippen molar-refractivity contribution in [3.8, 4) is 17.2 Å². The van der Waals surface area contributed by atoms with Gasteiger partial charge in [0.2, 0.25) is 5.91 Å². The van der Waals surface area contributed by atoms with Gasteiger partial charge in [-0.05, 0) is 66.8 Å². The van der Waals surface area contributed by atoms with E-state index in [0.29, 0.717) is 25.2 Å². The van der Waals surface area contributed by atoms with Crippen LogP contribution in [0.2, 0.25) is 0 Å². The monoisotopic (exact) mass is 453 g/mol. The van der Waals surface area contributed by atoms with Crippen molar-refractivity contribution < 1.29 is 19.1 Å². The summed E-state index contributed by atoms with van der Waals surface area (Å²) in [7, 11) is 0. The lowest BCUT2D eigenvalue weighted by Gasteiger charge is -2.34. The number of amides is 1. The van der Waals surface area contributed by atoms with Crippen molar-refractivity contribution in [1.82, 2.24) is 5.32 Å². The van der Waals surface area contributed by atoms with E-state index in [1.807, 2.05) is 85.8 Å². The van der Waals surface area contributed by atoms with Gasteiger partial charge in [-0.2, -0.15) is 0 Å². The van der Waals surface area contributed by atoms with Gasteiger partial charge < -0.3 is 14.8 Å². The molecule has 0 aromatic heterocycles. The lowest BCUT2D eigenvalue weighted by atomic mass is 9.73. The molecule has 172 valence electrons. The molecule has 0 saturated heterocycles. The number of carbonyl (C=O) groups is 2. The Balaban J connectivity index is 1.42. The van der Waals surface area contributed by atoms with E-state index in [0.717, 1.165) is 33.9 Å². The molecule has 1 heterocycles. The van der Waals surface area contributed by atoms with Crippen LogP contribution in [0, 0.1) is 0 Å². The smallest absolute Gasteiger partial charge is 0.225 e. The first-order valence-corrected chi connectivity index (χ1v) is 11.7. The van der Waals surface area contributed by atoms with Gasteiger partial charge in [-0.3, -0.25) is 9.59 Å². The first kappa shape index (κ1) is 22.0. The maximum atomic E-state index is 13.4. The van der Waals surface area contributed by atoms with Gasteiger partial charge in [-0.15, -0.1) is 0 Å². The molecule has 1 amide bonds. The fourth-order valence-electron chi connectivity index (χ4n) is 4.90. The highest BCUT2D eigenvalue weighted by Crippen LogP contribution is 2.43. The lowest BCUT2D eigenvalue weighted by molar-refractivity contribution is -0.122. The van der Waals surface area contributed by atoms with E-state index in [1.165, 1.54) is 0 Å². The molecule has 2 aliphatic rings. The summed E-state index contributed by atoms with van der Waals surface area (Å²) in [6.07, 6.45) is 1.32. The molecule has 0 spiro atoms. The quantitative estimate of drug-likeness (QED) is 0.506. The number of hydrogen-bond donors (Lipinski definition) is 1. The minimum absolute atomic E-state index is 0.0359. The van der Waals surface area contributed by atoms with Gasteiger partial charge in [0.15, 0.2) is 5.78 Å². The molecule has 5 nitrogen and oxygen atoms in total. The number of ether oxygens (including phenoxy) is 2. The Morgan fingerprint density at radius 3 is 2.32 bits per heavy atom. The van der Waals surface area contributed by atoms with Gasteiger partial charge in [-0.25, -0.2) is 0 Å². The Morgan fingerprint density at radius 1 is 0.794 bits per heavy atom. The van der Waals surface area contributed by atoms with Crippen molar-refractivity contribution in [2.24, 2.45) is 0 Å². The van der Waals surface area contributed by atoms with Gasteiger partial charge in [0, 0.05) is 30.0 Å². The van der Waals surface area contributed by atoms with Crippen LogP contribution in [0.3, 0.4) is 0 Å². The minimum atomic E-state index is -0.267. The highest BCUT2D eigenvalue weighted by atomic mass is 16.5. The maximum Gasteiger partial charge on any atom is 0.225 e. The van der Waals surface area contributed by atoms with Crippen molar-refractivity contribution in [3.63, 3.8) is 0 Å². The zero-order chi connectivity index (χ0) is 23.5. The Morgan fingerprint density at radius 2 is 1.56 bits per heavy atom. The molecular weight excluding hydrogens is 426 g/mol. The minimum Gasteiger partial charge on any atom is -0.494 e. The molecule has 5 heteroatoms. The van der Waals surface area contributed by atoms with Crippen molar-refractivity contribution in [2.75, 3.05) is 6.61 Å². The summed E-state index contributed by atoms with van der Waals surface area (Å²) in [4.78, 5) is 26.0. The number of rotatable bonds is 6. The van der Waals surface area contributed by atoms with E-state index in [1.54, 1.807) is 0 Å². The predicted octanol–water partition coefficient (Wildman–Crippen LogP) is 5.88. The standard InChI is InChI=1S/C29H27NO4/c1-2-33-22-13-11-19(12-14-22)21-16-26-29(27(31)17-21)25(18-28(32)30-26)20-7-6-10-24(15-20)34-23-8-4-3-5-9-23/h3-15,21,25H,2,16-18H2,1H3,(H,30,32). The summed E-state index contributed by atoms with van der Waals surface area (Å²) < 4.78 is 11.5. The molecule has 1 N–H and O–H groups in total. The topological polar surface area (TPSA) is 64.6 Å². The zero-order valence-corrected chi connectivity index (χ0v) is 19.1. The number of para-hydroxylation sites is 1. The van der Waals surface area contributed by atoms with Crippen molar-refractivity contribution in [2.45, 2.75) is 38.0 Å². The molecule has 34 heavy (non-hydrogen) atoms. The van der Waals surface area contributed by atoms with Gasteiger partial charge in [-0.1, -0.05) is 42.5 Å². The van der Waals surface area contributed by atoms with Crippen molar-refractivity contribution in [3.05, 3.63) is 101 Å². The SMILES string of the molecule is CCOc1ccc(C2CC(=O)C3=C(C2)NC(=O)CC3c2cccc(Oc3ccccc3)c2)cc1. The molecule has 1 aliphatic carbocycles. The van der Waals surface area contributed by atoms with Gasteiger partial charge in [0.05, 0.1) is 6.61 Å². The van der Waals surface area contributed by atoms with Crippen molar-refractivity contribution >= 4 is 11.7 Å². The van der Waals surface area contributed by atoms with Crippen molar-refractivity contribution in [1.29, 1.82) is 0 Å². The first-order valence-electron chi connectivity index (χ1n) is 11.7. The van der Waals surface area contributed by atoms with Crippen LogP contribution in [0.5, 0.6) is 17.2 Å². The summed E-state index contributed by atoms with van der Waals surface area (Å²) >= 11 is 0. The second-order valence-electron chi connectivity index (χ2n) is 8.72. The number of benzene rings is 3. The van der Waals surface area contributed by atoms with E-state index < -0.39 is 0 Å². The Bertz CT molecular complexity index is 1230. The number of ketones is 1. The van der Waals surface area contributed by atoms with Crippen LogP contribution in [0.4, 0.5) is 0 Å². The Hall–Kier alpha value is -3.86. The summed E-state index contributed by atoms with van der Waals surface area (Å²) in [5, 5.41) is 3.00. The van der Waals surface area contributed by atoms with E-state index in [-0.39, 0.29) is 29.9 Å². The van der Waals surface area contributed by atoms with E-state index in [9.17, 15) is 9.59 Å². The predicted molar refractivity (Wildman–Crippen MR) is 130 cm³/mol. The molecule has 5 rings (SSSR count). The summed E-state index contributed by atoms with van der Waals surface area (Å²) in [6.45, 7) is 2.57. The fraction of sp³-hybridized carbons (Fsp3) is 0.241. The second-order valence-corrected chi connectivity index (χ2v) is 8.72. The van der Waals surface area contributed by atoms with Crippen LogP contribution in [0.25, 0.3) is 0 Å².